The molecule has 1 aliphatic heterocycles. The van der Waals surface area contributed by atoms with Gasteiger partial charge in [0.25, 0.3) is 5.91 Å². The highest BCUT2D eigenvalue weighted by Gasteiger charge is 2.26. The van der Waals surface area contributed by atoms with E-state index < -0.39 is 17.7 Å². The molecule has 3 aromatic carbocycles. The molecule has 0 saturated carbocycles. The second-order valence-electron chi connectivity index (χ2n) is 7.76. The molecule has 1 atom stereocenters. The summed E-state index contributed by atoms with van der Waals surface area (Å²) in [7, 11) is 0. The maximum Gasteiger partial charge on any atom is 0.337 e. The third-order valence-electron chi connectivity index (χ3n) is 5.78. The van der Waals surface area contributed by atoms with Crippen LogP contribution in [0.15, 0.2) is 66.7 Å². The lowest BCUT2D eigenvalue weighted by Crippen LogP contribution is -2.21. The third-order valence-corrected chi connectivity index (χ3v) is 5.78. The van der Waals surface area contributed by atoms with Crippen LogP contribution in [0, 0.1) is 12.7 Å². The van der Waals surface area contributed by atoms with Crippen LogP contribution in [0.2, 0.25) is 0 Å². The van der Waals surface area contributed by atoms with Crippen molar-refractivity contribution in [2.24, 2.45) is 0 Å². The fraction of sp³-hybridized carbons (Fsp3) is 0.200. The molecule has 5 nitrogen and oxygen atoms in total. The zero-order valence-electron chi connectivity index (χ0n) is 17.1. The van der Waals surface area contributed by atoms with E-state index in [2.05, 4.69) is 29.3 Å². The van der Waals surface area contributed by atoms with Gasteiger partial charge >= 0.3 is 5.97 Å². The summed E-state index contributed by atoms with van der Waals surface area (Å²) in [6, 6.07) is 18.8. The number of carbonyl (C=O) groups excluding carboxylic acids is 1. The molecule has 0 aliphatic carbocycles. The van der Waals surface area contributed by atoms with E-state index in [1.54, 1.807) is 24.3 Å². The zero-order chi connectivity index (χ0) is 22.0. The lowest BCUT2D eigenvalue weighted by molar-refractivity contribution is 0.0698. The molecule has 31 heavy (non-hydrogen) atoms. The minimum atomic E-state index is -1.15. The van der Waals surface area contributed by atoms with Gasteiger partial charge in [0.2, 0.25) is 0 Å². The summed E-state index contributed by atoms with van der Waals surface area (Å²) in [5.41, 5.74) is 3.34. The average Bonchev–Trinajstić information content (AvgIpc) is 3.24. The van der Waals surface area contributed by atoms with E-state index >= 15 is 0 Å². The number of rotatable bonds is 5. The highest BCUT2D eigenvalue weighted by molar-refractivity contribution is 6.08. The van der Waals surface area contributed by atoms with Crippen molar-refractivity contribution in [1.82, 2.24) is 0 Å². The number of amides is 1. The van der Waals surface area contributed by atoms with Gasteiger partial charge in [0.05, 0.1) is 16.8 Å². The minimum absolute atomic E-state index is 0.0264. The number of nitrogens with one attached hydrogen (secondary N) is 1. The number of anilines is 2. The van der Waals surface area contributed by atoms with Crippen LogP contribution >= 0.6 is 0 Å². The number of aryl methyl sites for hydroxylation is 1. The van der Waals surface area contributed by atoms with Gasteiger partial charge in [-0.05, 0) is 54.8 Å². The van der Waals surface area contributed by atoms with Crippen molar-refractivity contribution >= 4 is 23.3 Å². The van der Waals surface area contributed by atoms with Gasteiger partial charge in [0, 0.05) is 24.7 Å². The van der Waals surface area contributed by atoms with E-state index in [0.29, 0.717) is 5.92 Å². The predicted octanol–water partition coefficient (Wildman–Crippen LogP) is 5.08. The molecule has 1 saturated heterocycles. The van der Waals surface area contributed by atoms with Gasteiger partial charge < -0.3 is 15.3 Å². The Morgan fingerprint density at radius 1 is 1.03 bits per heavy atom. The molecule has 0 radical (unpaired) electrons. The number of aromatic carboxylic acids is 1. The largest absolute Gasteiger partial charge is 0.478 e. The molecule has 4 rings (SSSR count). The van der Waals surface area contributed by atoms with Crippen LogP contribution in [0.4, 0.5) is 15.8 Å². The number of carbonyl (C=O) groups is 2. The Morgan fingerprint density at radius 2 is 1.77 bits per heavy atom. The van der Waals surface area contributed by atoms with Crippen molar-refractivity contribution in [3.8, 4) is 0 Å². The van der Waals surface area contributed by atoms with Gasteiger partial charge in [-0.15, -0.1) is 0 Å². The van der Waals surface area contributed by atoms with Gasteiger partial charge in [-0.25, -0.2) is 9.18 Å². The first kappa shape index (κ1) is 20.6. The molecule has 6 heteroatoms. The van der Waals surface area contributed by atoms with Crippen molar-refractivity contribution in [3.63, 3.8) is 0 Å². The van der Waals surface area contributed by atoms with Crippen molar-refractivity contribution in [2.75, 3.05) is 23.3 Å². The van der Waals surface area contributed by atoms with Gasteiger partial charge in [-0.1, -0.05) is 36.4 Å². The normalized spacial score (nSPS) is 15.7. The Kier molecular flexibility index (Phi) is 5.71. The van der Waals surface area contributed by atoms with Gasteiger partial charge in [-0.2, -0.15) is 0 Å². The third kappa shape index (κ3) is 4.28. The van der Waals surface area contributed by atoms with Gasteiger partial charge in [0.15, 0.2) is 0 Å². The summed E-state index contributed by atoms with van der Waals surface area (Å²) in [6.45, 7) is 3.72. The van der Waals surface area contributed by atoms with Crippen molar-refractivity contribution < 1.29 is 19.1 Å². The number of halogens is 1. The van der Waals surface area contributed by atoms with Crippen LogP contribution in [-0.4, -0.2) is 30.1 Å². The fourth-order valence-electron chi connectivity index (χ4n) is 4.14. The molecular formula is C25H23FN2O3. The van der Waals surface area contributed by atoms with E-state index in [1.165, 1.54) is 29.3 Å². The van der Waals surface area contributed by atoms with E-state index in [9.17, 15) is 19.1 Å². The van der Waals surface area contributed by atoms with Crippen molar-refractivity contribution in [3.05, 3.63) is 94.8 Å². The Labute approximate surface area is 180 Å². The molecule has 1 amide bonds. The molecular weight excluding hydrogens is 395 g/mol. The van der Waals surface area contributed by atoms with Crippen LogP contribution in [0.3, 0.4) is 0 Å². The topological polar surface area (TPSA) is 69.6 Å². The van der Waals surface area contributed by atoms with E-state index in [1.807, 2.05) is 12.1 Å². The summed E-state index contributed by atoms with van der Waals surface area (Å²) in [5, 5.41) is 12.2. The Bertz CT molecular complexity index is 1150. The number of nitrogens with zero attached hydrogens (tertiary/aromatic N) is 1. The minimum Gasteiger partial charge on any atom is -0.478 e. The Balaban J connectivity index is 1.55. The van der Waals surface area contributed by atoms with E-state index in [4.69, 9.17) is 0 Å². The lowest BCUT2D eigenvalue weighted by atomic mass is 9.94. The number of carboxylic acids is 1. The van der Waals surface area contributed by atoms with E-state index in [0.717, 1.165) is 25.2 Å². The smallest absolute Gasteiger partial charge is 0.337 e. The van der Waals surface area contributed by atoms with Crippen LogP contribution in [-0.2, 0) is 0 Å². The van der Waals surface area contributed by atoms with Gasteiger partial charge in [0.1, 0.15) is 5.82 Å². The maximum absolute atomic E-state index is 13.9. The quantitative estimate of drug-likeness (QED) is 0.606. The van der Waals surface area contributed by atoms with E-state index in [-0.39, 0.29) is 16.8 Å². The zero-order valence-corrected chi connectivity index (χ0v) is 17.1. The number of hydrogen-bond donors (Lipinski definition) is 2. The summed E-state index contributed by atoms with van der Waals surface area (Å²) in [4.78, 5) is 26.4. The molecule has 0 aromatic heterocycles. The number of hydrogen-bond acceptors (Lipinski definition) is 3. The second kappa shape index (κ2) is 8.60. The summed E-state index contributed by atoms with van der Waals surface area (Å²) >= 11 is 0. The van der Waals surface area contributed by atoms with Gasteiger partial charge in [-0.3, -0.25) is 4.79 Å². The first-order valence-corrected chi connectivity index (χ1v) is 10.2. The van der Waals surface area contributed by atoms with Crippen LogP contribution in [0.1, 0.15) is 44.2 Å². The first-order chi connectivity index (χ1) is 14.9. The SMILES string of the molecule is Cc1ccccc1[C@@H]1CCN(c2ccc(NC(=O)c3ccccc3F)c(C(=O)O)c2)C1. The Morgan fingerprint density at radius 3 is 2.52 bits per heavy atom. The first-order valence-electron chi connectivity index (χ1n) is 10.2. The molecule has 1 heterocycles. The molecule has 1 aliphatic rings. The highest BCUT2D eigenvalue weighted by atomic mass is 19.1. The molecule has 0 unspecified atom stereocenters. The lowest BCUT2D eigenvalue weighted by Gasteiger charge is -2.21. The summed E-state index contributed by atoms with van der Waals surface area (Å²) in [5.74, 6) is -2.11. The number of benzene rings is 3. The molecule has 2 N–H and O–H groups in total. The maximum atomic E-state index is 13.9. The molecule has 158 valence electrons. The fourth-order valence-corrected chi connectivity index (χ4v) is 4.14. The molecule has 1 fully saturated rings. The number of carboxylic acid groups (broad SMARTS) is 1. The van der Waals surface area contributed by atoms with Crippen LogP contribution in [0.25, 0.3) is 0 Å². The summed E-state index contributed by atoms with van der Waals surface area (Å²) < 4.78 is 13.9. The van der Waals surface area contributed by atoms with Crippen LogP contribution in [0.5, 0.6) is 0 Å². The van der Waals surface area contributed by atoms with Crippen molar-refractivity contribution in [2.45, 2.75) is 19.3 Å². The monoisotopic (exact) mass is 418 g/mol. The molecule has 0 bridgehead atoms. The Hall–Kier alpha value is -3.67. The highest BCUT2D eigenvalue weighted by Crippen LogP contribution is 2.34. The molecule has 0 spiro atoms. The molecule has 3 aromatic rings. The average molecular weight is 418 g/mol. The second-order valence-corrected chi connectivity index (χ2v) is 7.76. The van der Waals surface area contributed by atoms with Crippen LogP contribution < -0.4 is 10.2 Å². The summed E-state index contributed by atoms with van der Waals surface area (Å²) in [6.07, 6.45) is 0.985. The standard InChI is InChI=1S/C25H23FN2O3/c1-16-6-2-3-7-19(16)17-12-13-28(15-17)18-10-11-23(21(14-18)25(30)31)27-24(29)20-8-4-5-9-22(20)26/h2-11,14,17H,12-13,15H2,1H3,(H,27,29)(H,30,31)/t17-/m1/s1. The van der Waals surface area contributed by atoms with Crippen molar-refractivity contribution in [1.29, 1.82) is 0 Å². The predicted molar refractivity (Wildman–Crippen MR) is 119 cm³/mol.